The lowest BCUT2D eigenvalue weighted by atomic mass is 10.1. The van der Waals surface area contributed by atoms with Gasteiger partial charge in [-0.15, -0.1) is 0 Å². The van der Waals surface area contributed by atoms with Crippen molar-refractivity contribution in [3.05, 3.63) is 18.5 Å². The van der Waals surface area contributed by atoms with Crippen LogP contribution in [0.1, 0.15) is 0 Å². The van der Waals surface area contributed by atoms with Gasteiger partial charge in [-0.1, -0.05) is 0 Å². The molecule has 0 aromatic carbocycles. The fourth-order valence-corrected chi connectivity index (χ4v) is 1.18. The lowest BCUT2D eigenvalue weighted by molar-refractivity contribution is 0.424. The van der Waals surface area contributed by atoms with Crippen molar-refractivity contribution in [2.75, 3.05) is 25.0 Å². The molecule has 0 saturated carbocycles. The average Bonchev–Trinajstić information content (AvgIpc) is 2.03. The third kappa shape index (κ3) is 1.25. The van der Waals surface area contributed by atoms with Gasteiger partial charge in [-0.05, 0) is 6.07 Å². The minimum atomic E-state index is 0.562. The van der Waals surface area contributed by atoms with E-state index < -0.39 is 0 Å². The second-order valence-electron chi connectivity index (χ2n) is 2.97. The maximum Gasteiger partial charge on any atom is 0.225 e. The Morgan fingerprint density at radius 1 is 1.42 bits per heavy atom. The quantitative estimate of drug-likeness (QED) is 0.662. The predicted octanol–water partition coefficient (Wildman–Crippen LogP) is -0.115. The molecule has 0 amide bonds. The number of nitrogens with zero attached hydrogens (tertiary/aromatic N) is 3. The summed E-state index contributed by atoms with van der Waals surface area (Å²) in [5, 5.41) is 3.21. The Morgan fingerprint density at radius 2 is 2.08 bits per heavy atom. The molecule has 0 bridgehead atoms. The molecular formula is C8H12N4. The highest BCUT2D eigenvalue weighted by Crippen LogP contribution is 2.09. The van der Waals surface area contributed by atoms with Gasteiger partial charge in [0, 0.05) is 32.5 Å². The lowest BCUT2D eigenvalue weighted by Crippen LogP contribution is -2.56. The Morgan fingerprint density at radius 3 is 2.58 bits per heavy atom. The lowest BCUT2D eigenvalue weighted by Gasteiger charge is -2.35. The number of likely N-dealkylation sites (N-methyl/N-ethyl adjacent to an activating group) is 1. The number of aromatic nitrogens is 2. The summed E-state index contributed by atoms with van der Waals surface area (Å²) in [6.45, 7) is 2.07. The summed E-state index contributed by atoms with van der Waals surface area (Å²) in [5.74, 6) is 0.809. The fraction of sp³-hybridized carbons (Fsp3) is 0.500. The summed E-state index contributed by atoms with van der Waals surface area (Å²) < 4.78 is 0. The molecule has 4 nitrogen and oxygen atoms in total. The molecule has 1 aromatic heterocycles. The van der Waals surface area contributed by atoms with Crippen LogP contribution in [0.25, 0.3) is 0 Å². The van der Waals surface area contributed by atoms with Crippen LogP contribution in [-0.2, 0) is 0 Å². The average molecular weight is 164 g/mol. The van der Waals surface area contributed by atoms with Crippen LogP contribution < -0.4 is 10.2 Å². The Bertz CT molecular complexity index is 244. The minimum absolute atomic E-state index is 0.562. The Kier molecular flexibility index (Phi) is 1.91. The van der Waals surface area contributed by atoms with Crippen LogP contribution in [0.2, 0.25) is 0 Å². The van der Waals surface area contributed by atoms with Gasteiger partial charge in [0.15, 0.2) is 0 Å². The van der Waals surface area contributed by atoms with Crippen LogP contribution >= 0.6 is 0 Å². The molecule has 1 aliphatic heterocycles. The molecule has 12 heavy (non-hydrogen) atoms. The van der Waals surface area contributed by atoms with E-state index in [2.05, 4.69) is 20.2 Å². The van der Waals surface area contributed by atoms with Crippen LogP contribution in [0.4, 0.5) is 5.95 Å². The van der Waals surface area contributed by atoms with Gasteiger partial charge < -0.3 is 10.2 Å². The summed E-state index contributed by atoms with van der Waals surface area (Å²) in [6.07, 6.45) is 3.54. The van der Waals surface area contributed by atoms with Gasteiger partial charge in [0.2, 0.25) is 5.95 Å². The number of nitrogens with one attached hydrogen (secondary N) is 1. The van der Waals surface area contributed by atoms with Gasteiger partial charge in [0.1, 0.15) is 0 Å². The first kappa shape index (κ1) is 7.49. The van der Waals surface area contributed by atoms with Gasteiger partial charge in [0.05, 0.1) is 6.04 Å². The van der Waals surface area contributed by atoms with Gasteiger partial charge in [-0.2, -0.15) is 0 Å². The maximum absolute atomic E-state index is 4.17. The molecule has 64 valence electrons. The number of anilines is 1. The molecule has 0 aliphatic carbocycles. The SMILES string of the molecule is CN(c1ncccn1)C1CNC1. The maximum atomic E-state index is 4.17. The first-order valence-corrected chi connectivity index (χ1v) is 4.08. The first-order valence-electron chi connectivity index (χ1n) is 4.08. The smallest absolute Gasteiger partial charge is 0.225 e. The number of hydrogen-bond acceptors (Lipinski definition) is 4. The summed E-state index contributed by atoms with van der Waals surface area (Å²) >= 11 is 0. The zero-order chi connectivity index (χ0) is 8.39. The highest BCUT2D eigenvalue weighted by molar-refractivity contribution is 5.30. The third-order valence-electron chi connectivity index (χ3n) is 2.18. The standard InChI is InChI=1S/C8H12N4/c1-12(7-5-9-6-7)8-10-3-2-4-11-8/h2-4,7,9H,5-6H2,1H3. The molecule has 4 heteroatoms. The van der Waals surface area contributed by atoms with Crippen molar-refractivity contribution in [3.63, 3.8) is 0 Å². The van der Waals surface area contributed by atoms with Crippen molar-refractivity contribution in [1.29, 1.82) is 0 Å². The van der Waals surface area contributed by atoms with Crippen LogP contribution in [0.5, 0.6) is 0 Å². The van der Waals surface area contributed by atoms with Crippen molar-refractivity contribution in [1.82, 2.24) is 15.3 Å². The molecular weight excluding hydrogens is 152 g/mol. The van der Waals surface area contributed by atoms with E-state index in [0.717, 1.165) is 19.0 Å². The van der Waals surface area contributed by atoms with Gasteiger partial charge in [0.25, 0.3) is 0 Å². The Hall–Kier alpha value is -1.16. The van der Waals surface area contributed by atoms with Crippen molar-refractivity contribution in [3.8, 4) is 0 Å². The van der Waals surface area contributed by atoms with E-state index in [-0.39, 0.29) is 0 Å². The fourth-order valence-electron chi connectivity index (χ4n) is 1.18. The molecule has 2 rings (SSSR count). The molecule has 0 spiro atoms. The van der Waals surface area contributed by atoms with E-state index >= 15 is 0 Å². The van der Waals surface area contributed by atoms with Crippen LogP contribution in [-0.4, -0.2) is 36.1 Å². The molecule has 2 heterocycles. The first-order chi connectivity index (χ1) is 5.88. The number of rotatable bonds is 2. The van der Waals surface area contributed by atoms with E-state index in [1.54, 1.807) is 12.4 Å². The second kappa shape index (κ2) is 3.06. The monoisotopic (exact) mass is 164 g/mol. The zero-order valence-electron chi connectivity index (χ0n) is 7.07. The Balaban J connectivity index is 2.08. The van der Waals surface area contributed by atoms with Crippen LogP contribution in [0.15, 0.2) is 18.5 Å². The third-order valence-corrected chi connectivity index (χ3v) is 2.18. The summed E-state index contributed by atoms with van der Waals surface area (Å²) in [6, 6.07) is 2.39. The minimum Gasteiger partial charge on any atom is -0.338 e. The molecule has 1 saturated heterocycles. The van der Waals surface area contributed by atoms with E-state index in [9.17, 15) is 0 Å². The molecule has 1 aromatic rings. The van der Waals surface area contributed by atoms with E-state index in [1.807, 2.05) is 13.1 Å². The Labute approximate surface area is 71.6 Å². The molecule has 1 N–H and O–H groups in total. The molecule has 1 fully saturated rings. The van der Waals surface area contributed by atoms with E-state index in [1.165, 1.54) is 0 Å². The summed E-state index contributed by atoms with van der Waals surface area (Å²) in [5.41, 5.74) is 0. The van der Waals surface area contributed by atoms with Crippen molar-refractivity contribution >= 4 is 5.95 Å². The second-order valence-corrected chi connectivity index (χ2v) is 2.97. The molecule has 0 radical (unpaired) electrons. The molecule has 0 unspecified atom stereocenters. The number of hydrogen-bond donors (Lipinski definition) is 1. The van der Waals surface area contributed by atoms with E-state index in [4.69, 9.17) is 0 Å². The predicted molar refractivity (Wildman–Crippen MR) is 47.1 cm³/mol. The van der Waals surface area contributed by atoms with Crippen molar-refractivity contribution < 1.29 is 0 Å². The largest absolute Gasteiger partial charge is 0.338 e. The molecule has 1 aliphatic rings. The van der Waals surface area contributed by atoms with Gasteiger partial charge in [-0.3, -0.25) is 0 Å². The zero-order valence-corrected chi connectivity index (χ0v) is 7.07. The van der Waals surface area contributed by atoms with Crippen molar-refractivity contribution in [2.45, 2.75) is 6.04 Å². The summed E-state index contributed by atoms with van der Waals surface area (Å²) in [4.78, 5) is 10.4. The molecule has 0 atom stereocenters. The topological polar surface area (TPSA) is 41.1 Å². The highest BCUT2D eigenvalue weighted by Gasteiger charge is 2.22. The normalized spacial score (nSPS) is 17.1. The summed E-state index contributed by atoms with van der Waals surface area (Å²) in [7, 11) is 2.03. The van der Waals surface area contributed by atoms with Crippen molar-refractivity contribution in [2.24, 2.45) is 0 Å². The van der Waals surface area contributed by atoms with Crippen LogP contribution in [0.3, 0.4) is 0 Å². The van der Waals surface area contributed by atoms with Gasteiger partial charge in [-0.25, -0.2) is 9.97 Å². The van der Waals surface area contributed by atoms with E-state index in [0.29, 0.717) is 6.04 Å². The highest BCUT2D eigenvalue weighted by atomic mass is 15.3. The van der Waals surface area contributed by atoms with Crippen LogP contribution in [0, 0.1) is 0 Å². The van der Waals surface area contributed by atoms with Gasteiger partial charge >= 0.3 is 0 Å².